The number of hydrogen-bond donors (Lipinski definition) is 0. The van der Waals surface area contributed by atoms with Crippen LogP contribution in [0.25, 0.3) is 10.2 Å². The lowest BCUT2D eigenvalue weighted by atomic mass is 10.3. The topological polar surface area (TPSA) is 22.1 Å². The van der Waals surface area contributed by atoms with Gasteiger partial charge in [-0.2, -0.15) is 0 Å². The first-order chi connectivity index (χ1) is 6.22. The first-order valence-corrected chi connectivity index (χ1v) is 5.12. The monoisotopic (exact) mass is 261 g/mol. The van der Waals surface area contributed by atoms with Crippen LogP contribution < -0.4 is 4.74 Å². The van der Waals surface area contributed by atoms with Gasteiger partial charge in [-0.05, 0) is 28.1 Å². The molecule has 13 heavy (non-hydrogen) atoms. The average molecular weight is 262 g/mol. The molecule has 1 aromatic heterocycles. The normalized spacial score (nSPS) is 10.7. The predicted molar refractivity (Wildman–Crippen MR) is 53.8 cm³/mol. The molecule has 0 bridgehead atoms. The molecule has 1 heterocycles. The Morgan fingerprint density at radius 3 is 3.00 bits per heavy atom. The fraction of sp³-hybridized carbons (Fsp3) is 0.125. The molecule has 0 radical (unpaired) electrons. The second-order valence-electron chi connectivity index (χ2n) is 2.40. The third-order valence-electron chi connectivity index (χ3n) is 1.66. The Balaban J connectivity index is 2.78. The molecule has 68 valence electrons. The van der Waals surface area contributed by atoms with Crippen molar-refractivity contribution in [2.24, 2.45) is 0 Å². The molecular weight excluding hydrogens is 257 g/mol. The van der Waals surface area contributed by atoms with Gasteiger partial charge >= 0.3 is 0 Å². The van der Waals surface area contributed by atoms with Crippen molar-refractivity contribution < 1.29 is 9.13 Å². The molecule has 0 unspecified atom stereocenters. The first-order valence-electron chi connectivity index (χ1n) is 3.51. The SMILES string of the molecule is COc1ccc2nc(Br)sc2c1F. The van der Waals surface area contributed by atoms with Crippen LogP contribution in [0.3, 0.4) is 0 Å². The molecule has 0 saturated heterocycles. The molecule has 0 saturated carbocycles. The standard InChI is InChI=1S/C8H5BrFNOS/c1-12-5-3-2-4-7(6(5)10)13-8(9)11-4/h2-3H,1H3. The highest BCUT2D eigenvalue weighted by Crippen LogP contribution is 2.32. The lowest BCUT2D eigenvalue weighted by molar-refractivity contribution is 0.389. The van der Waals surface area contributed by atoms with E-state index in [0.717, 1.165) is 0 Å². The van der Waals surface area contributed by atoms with Crippen molar-refractivity contribution >= 4 is 37.5 Å². The Morgan fingerprint density at radius 1 is 1.54 bits per heavy atom. The van der Waals surface area contributed by atoms with E-state index >= 15 is 0 Å². The van der Waals surface area contributed by atoms with Crippen LogP contribution >= 0.6 is 27.3 Å². The summed E-state index contributed by atoms with van der Waals surface area (Å²) in [5, 5.41) is 0. The van der Waals surface area contributed by atoms with Crippen molar-refractivity contribution in [2.75, 3.05) is 7.11 Å². The van der Waals surface area contributed by atoms with Gasteiger partial charge in [-0.3, -0.25) is 0 Å². The van der Waals surface area contributed by atoms with Crippen LogP contribution in [0.1, 0.15) is 0 Å². The van der Waals surface area contributed by atoms with Crippen molar-refractivity contribution in [2.45, 2.75) is 0 Å². The summed E-state index contributed by atoms with van der Waals surface area (Å²) in [7, 11) is 1.44. The second-order valence-corrected chi connectivity index (χ2v) is 4.67. The molecular formula is C8H5BrFNOS. The van der Waals surface area contributed by atoms with Crippen molar-refractivity contribution in [3.05, 3.63) is 21.9 Å². The van der Waals surface area contributed by atoms with Gasteiger partial charge in [0.15, 0.2) is 15.5 Å². The van der Waals surface area contributed by atoms with Crippen LogP contribution in [0, 0.1) is 5.82 Å². The van der Waals surface area contributed by atoms with E-state index in [1.54, 1.807) is 12.1 Å². The Labute approximate surface area is 86.5 Å². The lowest BCUT2D eigenvalue weighted by Crippen LogP contribution is -1.86. The largest absolute Gasteiger partial charge is 0.494 e. The van der Waals surface area contributed by atoms with Gasteiger partial charge in [0.25, 0.3) is 0 Å². The van der Waals surface area contributed by atoms with E-state index in [4.69, 9.17) is 4.74 Å². The van der Waals surface area contributed by atoms with Crippen molar-refractivity contribution in [1.29, 1.82) is 0 Å². The number of halogens is 2. The Bertz CT molecular complexity index is 457. The van der Waals surface area contributed by atoms with Crippen LogP contribution in [0.2, 0.25) is 0 Å². The van der Waals surface area contributed by atoms with Gasteiger partial charge in [0, 0.05) is 0 Å². The fourth-order valence-electron chi connectivity index (χ4n) is 1.07. The summed E-state index contributed by atoms with van der Waals surface area (Å²) in [6.45, 7) is 0. The summed E-state index contributed by atoms with van der Waals surface area (Å²) in [5.74, 6) is -0.0909. The molecule has 2 nitrogen and oxygen atoms in total. The molecule has 5 heteroatoms. The minimum Gasteiger partial charge on any atom is -0.494 e. The summed E-state index contributed by atoms with van der Waals surface area (Å²) < 4.78 is 19.6. The van der Waals surface area contributed by atoms with E-state index in [0.29, 0.717) is 14.1 Å². The summed E-state index contributed by atoms with van der Waals surface area (Å²) >= 11 is 4.46. The van der Waals surface area contributed by atoms with Gasteiger partial charge in [-0.15, -0.1) is 11.3 Å². The highest BCUT2D eigenvalue weighted by Gasteiger charge is 2.11. The number of aromatic nitrogens is 1. The van der Waals surface area contributed by atoms with Crippen LogP contribution in [0.5, 0.6) is 5.75 Å². The second kappa shape index (κ2) is 3.23. The van der Waals surface area contributed by atoms with Gasteiger partial charge in [-0.1, -0.05) is 0 Å². The third kappa shape index (κ3) is 1.42. The van der Waals surface area contributed by atoms with Crippen molar-refractivity contribution in [1.82, 2.24) is 4.98 Å². The zero-order valence-corrected chi connectivity index (χ0v) is 9.08. The number of fused-ring (bicyclic) bond motifs is 1. The Morgan fingerprint density at radius 2 is 2.31 bits per heavy atom. The van der Waals surface area contributed by atoms with E-state index in [1.807, 2.05) is 0 Å². The zero-order valence-electron chi connectivity index (χ0n) is 6.67. The number of rotatable bonds is 1. The average Bonchev–Trinajstić information content (AvgIpc) is 2.47. The van der Waals surface area contributed by atoms with E-state index < -0.39 is 0 Å². The van der Waals surface area contributed by atoms with Crippen LogP contribution in [0.15, 0.2) is 16.0 Å². The molecule has 0 aliphatic heterocycles. The minimum atomic E-state index is -0.344. The number of thiazole rings is 1. The van der Waals surface area contributed by atoms with E-state index in [1.165, 1.54) is 18.4 Å². The Hall–Kier alpha value is -0.680. The predicted octanol–water partition coefficient (Wildman–Crippen LogP) is 3.21. The number of ether oxygens (including phenoxy) is 1. The molecule has 2 aromatic rings. The smallest absolute Gasteiger partial charge is 0.184 e. The number of benzene rings is 1. The molecule has 2 rings (SSSR count). The molecule has 0 atom stereocenters. The molecule has 0 spiro atoms. The first kappa shape index (κ1) is 8.90. The van der Waals surface area contributed by atoms with Crippen LogP contribution in [0.4, 0.5) is 4.39 Å². The van der Waals surface area contributed by atoms with Gasteiger partial charge in [0.2, 0.25) is 0 Å². The van der Waals surface area contributed by atoms with E-state index in [9.17, 15) is 4.39 Å². The quantitative estimate of drug-likeness (QED) is 0.787. The maximum absolute atomic E-state index is 13.5. The number of methoxy groups -OCH3 is 1. The third-order valence-corrected chi connectivity index (χ3v) is 3.17. The number of nitrogens with zero attached hydrogens (tertiary/aromatic N) is 1. The zero-order chi connectivity index (χ0) is 9.42. The van der Waals surface area contributed by atoms with Crippen molar-refractivity contribution in [3.8, 4) is 5.75 Å². The van der Waals surface area contributed by atoms with Crippen molar-refractivity contribution in [3.63, 3.8) is 0 Å². The van der Waals surface area contributed by atoms with Crippen LogP contribution in [-0.4, -0.2) is 12.1 Å². The van der Waals surface area contributed by atoms with Gasteiger partial charge in [0.05, 0.1) is 17.3 Å². The van der Waals surface area contributed by atoms with E-state index in [2.05, 4.69) is 20.9 Å². The molecule has 0 aliphatic rings. The maximum Gasteiger partial charge on any atom is 0.184 e. The fourth-order valence-corrected chi connectivity index (χ4v) is 2.47. The molecule has 0 aliphatic carbocycles. The lowest BCUT2D eigenvalue weighted by Gasteiger charge is -1.99. The molecule has 0 amide bonds. The minimum absolute atomic E-state index is 0.253. The van der Waals surface area contributed by atoms with Gasteiger partial charge in [0.1, 0.15) is 0 Å². The van der Waals surface area contributed by atoms with E-state index in [-0.39, 0.29) is 11.6 Å². The summed E-state index contributed by atoms with van der Waals surface area (Å²) in [6, 6.07) is 3.31. The van der Waals surface area contributed by atoms with Crippen LogP contribution in [-0.2, 0) is 0 Å². The molecule has 0 N–H and O–H groups in total. The molecule has 1 aromatic carbocycles. The summed E-state index contributed by atoms with van der Waals surface area (Å²) in [5.41, 5.74) is 0.648. The summed E-state index contributed by atoms with van der Waals surface area (Å²) in [4.78, 5) is 4.09. The summed E-state index contributed by atoms with van der Waals surface area (Å²) in [6.07, 6.45) is 0. The van der Waals surface area contributed by atoms with Gasteiger partial charge < -0.3 is 4.74 Å². The maximum atomic E-state index is 13.5. The molecule has 0 fully saturated rings. The Kier molecular flexibility index (Phi) is 2.21. The van der Waals surface area contributed by atoms with Gasteiger partial charge in [-0.25, -0.2) is 9.37 Å². The highest BCUT2D eigenvalue weighted by molar-refractivity contribution is 9.11. The highest BCUT2D eigenvalue weighted by atomic mass is 79.9. The number of hydrogen-bond acceptors (Lipinski definition) is 3.